The molecule has 7 nitrogen and oxygen atoms in total. The zero-order valence-corrected chi connectivity index (χ0v) is 10.9. The molecule has 1 rings (SSSR count). The number of rotatable bonds is 7. The van der Waals surface area contributed by atoms with Crippen molar-refractivity contribution < 1.29 is 14.8 Å². The summed E-state index contributed by atoms with van der Waals surface area (Å²) in [7, 11) is 1.92. The van der Waals surface area contributed by atoms with Gasteiger partial charge < -0.3 is 15.3 Å². The average molecular weight is 267 g/mol. The van der Waals surface area contributed by atoms with E-state index < -0.39 is 10.9 Å². The number of likely N-dealkylation sites (N-methyl/N-ethyl adjacent to an activating group) is 1. The van der Waals surface area contributed by atoms with Crippen molar-refractivity contribution in [3.63, 3.8) is 0 Å². The third-order valence-corrected chi connectivity index (χ3v) is 2.80. The highest BCUT2D eigenvalue weighted by Crippen LogP contribution is 2.28. The number of benzene rings is 1. The first-order valence-corrected chi connectivity index (χ1v) is 5.90. The molecule has 0 fully saturated rings. The summed E-state index contributed by atoms with van der Waals surface area (Å²) in [4.78, 5) is 23.4. The SMILES string of the molecule is CCN(C)CCNc1c(C(=O)O)cccc1[N+](=O)[O-]. The van der Waals surface area contributed by atoms with Crippen molar-refractivity contribution in [2.24, 2.45) is 0 Å². The molecule has 104 valence electrons. The second kappa shape index (κ2) is 6.69. The Hall–Kier alpha value is -2.15. The van der Waals surface area contributed by atoms with Crippen molar-refractivity contribution in [3.05, 3.63) is 33.9 Å². The van der Waals surface area contributed by atoms with Gasteiger partial charge in [-0.1, -0.05) is 13.0 Å². The maximum absolute atomic E-state index is 11.1. The maximum atomic E-state index is 11.1. The molecule has 19 heavy (non-hydrogen) atoms. The molecule has 0 radical (unpaired) electrons. The summed E-state index contributed by atoms with van der Waals surface area (Å²) in [6.45, 7) is 3.95. The highest BCUT2D eigenvalue weighted by atomic mass is 16.6. The van der Waals surface area contributed by atoms with Gasteiger partial charge in [-0.05, 0) is 19.7 Å². The summed E-state index contributed by atoms with van der Waals surface area (Å²) in [5, 5.41) is 22.8. The van der Waals surface area contributed by atoms with Crippen molar-refractivity contribution >= 4 is 17.3 Å². The normalized spacial score (nSPS) is 10.5. The Morgan fingerprint density at radius 3 is 2.74 bits per heavy atom. The summed E-state index contributed by atoms with van der Waals surface area (Å²) in [6, 6.07) is 4.00. The molecule has 0 aliphatic carbocycles. The van der Waals surface area contributed by atoms with Crippen LogP contribution in [0.3, 0.4) is 0 Å². The van der Waals surface area contributed by atoms with Crippen LogP contribution in [-0.2, 0) is 0 Å². The summed E-state index contributed by atoms with van der Waals surface area (Å²) in [5.74, 6) is -1.19. The third-order valence-electron chi connectivity index (χ3n) is 2.80. The van der Waals surface area contributed by atoms with Crippen molar-refractivity contribution in [2.45, 2.75) is 6.92 Å². The van der Waals surface area contributed by atoms with E-state index in [9.17, 15) is 14.9 Å². The minimum atomic E-state index is -1.19. The summed E-state index contributed by atoms with van der Waals surface area (Å²) in [6.07, 6.45) is 0. The minimum Gasteiger partial charge on any atom is -0.478 e. The van der Waals surface area contributed by atoms with Crippen LogP contribution in [0.5, 0.6) is 0 Å². The molecule has 0 saturated heterocycles. The maximum Gasteiger partial charge on any atom is 0.338 e. The fourth-order valence-corrected chi connectivity index (χ4v) is 1.59. The Labute approximate surface area is 111 Å². The standard InChI is InChI=1S/C12H17N3O4/c1-3-14(2)8-7-13-11-9(12(16)17)5-4-6-10(11)15(18)19/h4-6,13H,3,7-8H2,1-2H3,(H,16,17). The number of carbonyl (C=O) groups is 1. The van der Waals surface area contributed by atoms with Crippen LogP contribution in [0.25, 0.3) is 0 Å². The lowest BCUT2D eigenvalue weighted by atomic mass is 10.1. The second-order valence-corrected chi connectivity index (χ2v) is 4.08. The van der Waals surface area contributed by atoms with E-state index in [1.54, 1.807) is 0 Å². The molecule has 0 atom stereocenters. The van der Waals surface area contributed by atoms with E-state index in [1.165, 1.54) is 18.2 Å². The summed E-state index contributed by atoms with van der Waals surface area (Å²) < 4.78 is 0. The molecule has 0 aliphatic heterocycles. The summed E-state index contributed by atoms with van der Waals surface area (Å²) in [5.41, 5.74) is -0.253. The number of hydrogen-bond donors (Lipinski definition) is 2. The number of nitro benzene ring substituents is 1. The van der Waals surface area contributed by atoms with Gasteiger partial charge in [0.2, 0.25) is 0 Å². The van der Waals surface area contributed by atoms with Gasteiger partial charge in [0.05, 0.1) is 10.5 Å². The van der Waals surface area contributed by atoms with Crippen LogP contribution in [0.15, 0.2) is 18.2 Å². The van der Waals surface area contributed by atoms with Gasteiger partial charge in [-0.25, -0.2) is 4.79 Å². The molecule has 2 N–H and O–H groups in total. The van der Waals surface area contributed by atoms with Crippen LogP contribution in [0.2, 0.25) is 0 Å². The van der Waals surface area contributed by atoms with Gasteiger partial charge in [-0.15, -0.1) is 0 Å². The zero-order chi connectivity index (χ0) is 14.4. The van der Waals surface area contributed by atoms with Gasteiger partial charge in [0, 0.05) is 19.2 Å². The van der Waals surface area contributed by atoms with E-state index in [0.717, 1.165) is 6.54 Å². The van der Waals surface area contributed by atoms with E-state index >= 15 is 0 Å². The molecule has 1 aromatic rings. The van der Waals surface area contributed by atoms with Crippen LogP contribution < -0.4 is 5.32 Å². The van der Waals surface area contributed by atoms with Crippen LogP contribution in [-0.4, -0.2) is 47.6 Å². The molecule has 7 heteroatoms. The number of nitrogens with zero attached hydrogens (tertiary/aromatic N) is 2. The molecule has 0 unspecified atom stereocenters. The Kier molecular flexibility index (Phi) is 5.25. The monoisotopic (exact) mass is 267 g/mol. The van der Waals surface area contributed by atoms with Crippen LogP contribution in [0.4, 0.5) is 11.4 Å². The molecule has 0 bridgehead atoms. The van der Waals surface area contributed by atoms with E-state index in [1.807, 2.05) is 18.9 Å². The number of hydrogen-bond acceptors (Lipinski definition) is 5. The van der Waals surface area contributed by atoms with E-state index in [2.05, 4.69) is 5.32 Å². The predicted molar refractivity (Wildman–Crippen MR) is 71.7 cm³/mol. The molecule has 0 aromatic heterocycles. The number of anilines is 1. The number of carboxylic acids is 1. The molecule has 0 amide bonds. The lowest BCUT2D eigenvalue weighted by Crippen LogP contribution is -2.25. The summed E-state index contributed by atoms with van der Waals surface area (Å²) >= 11 is 0. The van der Waals surface area contributed by atoms with E-state index in [0.29, 0.717) is 13.1 Å². The van der Waals surface area contributed by atoms with Crippen LogP contribution >= 0.6 is 0 Å². The molecule has 0 aliphatic rings. The van der Waals surface area contributed by atoms with Crippen molar-refractivity contribution in [1.82, 2.24) is 4.90 Å². The lowest BCUT2D eigenvalue weighted by molar-refractivity contribution is -0.384. The number of nitrogens with one attached hydrogen (secondary N) is 1. The first-order chi connectivity index (χ1) is 8.97. The fourth-order valence-electron chi connectivity index (χ4n) is 1.59. The van der Waals surface area contributed by atoms with Crippen molar-refractivity contribution in [2.75, 3.05) is 32.0 Å². The Bertz CT molecular complexity index is 444. The van der Waals surface area contributed by atoms with Gasteiger partial charge in [0.25, 0.3) is 5.69 Å². The molecule has 0 heterocycles. The van der Waals surface area contributed by atoms with Gasteiger partial charge in [0.1, 0.15) is 5.69 Å². The van der Waals surface area contributed by atoms with Gasteiger partial charge >= 0.3 is 5.97 Å². The minimum absolute atomic E-state index is 0.0597. The molecular formula is C12H17N3O4. The quantitative estimate of drug-likeness (QED) is 0.576. The molecule has 1 aromatic carbocycles. The fraction of sp³-hybridized carbons (Fsp3) is 0.417. The van der Waals surface area contributed by atoms with Crippen molar-refractivity contribution in [1.29, 1.82) is 0 Å². The topological polar surface area (TPSA) is 95.7 Å². The van der Waals surface area contributed by atoms with Gasteiger partial charge in [0.15, 0.2) is 0 Å². The Balaban J connectivity index is 2.95. The third kappa shape index (κ3) is 3.92. The van der Waals surface area contributed by atoms with Crippen LogP contribution in [0, 0.1) is 10.1 Å². The van der Waals surface area contributed by atoms with Gasteiger partial charge in [-0.3, -0.25) is 10.1 Å². The highest BCUT2D eigenvalue weighted by Gasteiger charge is 2.20. The lowest BCUT2D eigenvalue weighted by Gasteiger charge is -2.15. The zero-order valence-electron chi connectivity index (χ0n) is 10.9. The number of nitro groups is 1. The number of para-hydroxylation sites is 1. The largest absolute Gasteiger partial charge is 0.478 e. The Morgan fingerprint density at radius 1 is 1.53 bits per heavy atom. The van der Waals surface area contributed by atoms with E-state index in [4.69, 9.17) is 5.11 Å². The molecule has 0 spiro atoms. The smallest absolute Gasteiger partial charge is 0.338 e. The molecule has 0 saturated carbocycles. The first-order valence-electron chi connectivity index (χ1n) is 5.90. The van der Waals surface area contributed by atoms with Crippen molar-refractivity contribution in [3.8, 4) is 0 Å². The van der Waals surface area contributed by atoms with E-state index in [-0.39, 0.29) is 16.9 Å². The number of aromatic carboxylic acids is 1. The highest BCUT2D eigenvalue weighted by molar-refractivity contribution is 5.96. The second-order valence-electron chi connectivity index (χ2n) is 4.08. The average Bonchev–Trinajstić information content (AvgIpc) is 2.37. The molecular weight excluding hydrogens is 250 g/mol. The van der Waals surface area contributed by atoms with Gasteiger partial charge in [-0.2, -0.15) is 0 Å². The Morgan fingerprint density at radius 2 is 2.21 bits per heavy atom. The first kappa shape index (κ1) is 14.9. The predicted octanol–water partition coefficient (Wildman–Crippen LogP) is 1.66. The number of carboxylic acid groups (broad SMARTS) is 1. The van der Waals surface area contributed by atoms with Crippen LogP contribution in [0.1, 0.15) is 17.3 Å².